The quantitative estimate of drug-likeness (QED) is 0.0560. The highest BCUT2D eigenvalue weighted by Crippen LogP contribution is 2.44. The number of phenolic OH excluding ortho intramolecular Hbond substituents is 2. The zero-order valence-electron chi connectivity index (χ0n) is 24.7. The number of nitrogen functional groups attached to an aromatic ring is 1. The third kappa shape index (κ3) is 6.64. The first-order chi connectivity index (χ1) is 22.6. The average Bonchev–Trinajstić information content (AvgIpc) is 3.77. The monoisotopic (exact) mass is 723 g/mol. The molecule has 0 aliphatic carbocycles. The Morgan fingerprint density at radius 3 is 2.62 bits per heavy atom. The van der Waals surface area contributed by atoms with Crippen molar-refractivity contribution in [3.05, 3.63) is 45.7 Å². The molecule has 0 radical (unpaired) electrons. The standard InChI is InChI=1S/C26H26ClN9O10S2/c1-26(2,24(44)45)46-33-15(11-8-47-25(28)30-11)20(40)31-16-21(41)35-7-13(48-22(16)35)17(23(42)43)36-6-9(32-34-36)5-29-19(39)10-3-4-12(37)18(38)14(10)27/h3-4,6,8,13,16-17,22,37-38H,5,7H2,1-2H3,(H2,28,30)(H,29,39)(H,31,40)(H,42,43)(H,44,45)/b33-15-/t13?,16-,17?,22-/m1/s1. The van der Waals surface area contributed by atoms with E-state index in [1.807, 2.05) is 0 Å². The third-order valence-electron chi connectivity index (χ3n) is 7.20. The van der Waals surface area contributed by atoms with Crippen molar-refractivity contribution in [3.8, 4) is 11.5 Å². The molecular formula is C26H26ClN9O10S2. The van der Waals surface area contributed by atoms with Crippen molar-refractivity contribution in [3.63, 3.8) is 0 Å². The number of benzene rings is 1. The number of amides is 3. The molecule has 2 aliphatic rings. The summed E-state index contributed by atoms with van der Waals surface area (Å²) in [6.07, 6.45) is 1.31. The van der Waals surface area contributed by atoms with Crippen LogP contribution in [0, 0.1) is 0 Å². The molecule has 2 aromatic heterocycles. The van der Waals surface area contributed by atoms with Crippen LogP contribution in [0.25, 0.3) is 0 Å². The number of carbonyl (C=O) groups excluding carboxylic acids is 3. The summed E-state index contributed by atoms with van der Waals surface area (Å²) in [5, 5.41) is 55.1. The number of hydrogen-bond acceptors (Lipinski definition) is 15. The summed E-state index contributed by atoms with van der Waals surface area (Å²) in [6, 6.07) is -0.0811. The van der Waals surface area contributed by atoms with Gasteiger partial charge in [-0.3, -0.25) is 14.4 Å². The summed E-state index contributed by atoms with van der Waals surface area (Å²) in [5.74, 6) is -5.88. The van der Waals surface area contributed by atoms with Crippen LogP contribution in [0.2, 0.25) is 5.02 Å². The summed E-state index contributed by atoms with van der Waals surface area (Å²) in [6.45, 7) is 2.26. The minimum Gasteiger partial charge on any atom is -0.504 e. The number of carboxylic acid groups (broad SMARTS) is 2. The van der Waals surface area contributed by atoms with Gasteiger partial charge < -0.3 is 46.5 Å². The molecule has 48 heavy (non-hydrogen) atoms. The zero-order valence-corrected chi connectivity index (χ0v) is 27.1. The number of carbonyl (C=O) groups is 5. The predicted molar refractivity (Wildman–Crippen MR) is 167 cm³/mol. The molecule has 5 rings (SSSR count). The lowest BCUT2D eigenvalue weighted by molar-refractivity contribution is -0.161. The van der Waals surface area contributed by atoms with Gasteiger partial charge >= 0.3 is 11.9 Å². The van der Waals surface area contributed by atoms with Crippen molar-refractivity contribution >= 4 is 75.2 Å². The van der Waals surface area contributed by atoms with Gasteiger partial charge in [-0.15, -0.1) is 28.2 Å². The first-order valence-electron chi connectivity index (χ1n) is 13.7. The molecule has 3 aromatic rings. The molecule has 2 fully saturated rings. The Morgan fingerprint density at radius 2 is 1.98 bits per heavy atom. The van der Waals surface area contributed by atoms with Crippen LogP contribution >= 0.6 is 34.7 Å². The molecule has 22 heteroatoms. The van der Waals surface area contributed by atoms with Crippen molar-refractivity contribution < 1.29 is 49.2 Å². The van der Waals surface area contributed by atoms with Gasteiger partial charge in [-0.2, -0.15) is 0 Å². The number of anilines is 1. The SMILES string of the molecule is CC(C)(O/N=C(\C(=O)N[C@@H]1C(=O)N2CC(C(C(=O)O)n3cc(CNC(=O)c4ccc(O)c(O)c4Cl)nn3)S[C@H]12)c1csc(N)n1)C(=O)O. The van der Waals surface area contributed by atoms with E-state index in [9.17, 15) is 44.4 Å². The van der Waals surface area contributed by atoms with E-state index in [4.69, 9.17) is 22.2 Å². The Morgan fingerprint density at radius 1 is 1.25 bits per heavy atom. The fraction of sp³-hybridized carbons (Fsp3) is 0.346. The minimum absolute atomic E-state index is 0.00571. The lowest BCUT2D eigenvalue weighted by Gasteiger charge is -2.41. The Hall–Kier alpha value is -5.15. The number of hydrogen-bond donors (Lipinski definition) is 7. The average molecular weight is 724 g/mol. The van der Waals surface area contributed by atoms with Crippen LogP contribution in [0.4, 0.5) is 5.13 Å². The first-order valence-corrected chi connectivity index (χ1v) is 15.9. The maximum absolute atomic E-state index is 13.3. The third-order valence-corrected chi connectivity index (χ3v) is 9.81. The lowest BCUT2D eigenvalue weighted by Crippen LogP contribution is -2.67. The molecule has 0 saturated carbocycles. The Labute approximate surface area is 282 Å². The number of fused-ring (bicyclic) bond motifs is 1. The number of aromatic nitrogens is 4. The van der Waals surface area contributed by atoms with Crippen molar-refractivity contribution in [2.45, 2.75) is 48.7 Å². The van der Waals surface area contributed by atoms with E-state index in [0.29, 0.717) is 0 Å². The number of nitrogens with zero attached hydrogens (tertiary/aromatic N) is 6. The van der Waals surface area contributed by atoms with Crippen molar-refractivity contribution in [2.24, 2.45) is 5.16 Å². The molecule has 3 amide bonds. The Balaban J connectivity index is 1.25. The van der Waals surface area contributed by atoms with Crippen LogP contribution in [0.5, 0.6) is 11.5 Å². The number of thiazole rings is 1. The van der Waals surface area contributed by atoms with Gasteiger partial charge in [0.1, 0.15) is 22.8 Å². The molecule has 0 spiro atoms. The topological polar surface area (TPSA) is 285 Å². The number of carboxylic acids is 2. The maximum atomic E-state index is 13.3. The van der Waals surface area contributed by atoms with Crippen molar-refractivity contribution in [2.75, 3.05) is 12.3 Å². The van der Waals surface area contributed by atoms with Crippen LogP contribution in [0.15, 0.2) is 28.9 Å². The van der Waals surface area contributed by atoms with Gasteiger partial charge in [0.25, 0.3) is 11.8 Å². The van der Waals surface area contributed by atoms with E-state index >= 15 is 0 Å². The van der Waals surface area contributed by atoms with Gasteiger partial charge in [-0.05, 0) is 26.0 Å². The Kier molecular flexibility index (Phi) is 9.37. The second-order valence-corrected chi connectivity index (χ2v) is 13.5. The summed E-state index contributed by atoms with van der Waals surface area (Å²) in [5.41, 5.74) is 3.53. The number of nitrogens with two attached hydrogens (primary N) is 1. The number of thioether (sulfide) groups is 1. The first kappa shape index (κ1) is 34.2. The molecular weight excluding hydrogens is 698 g/mol. The van der Waals surface area contributed by atoms with Gasteiger partial charge in [-0.1, -0.05) is 22.0 Å². The highest BCUT2D eigenvalue weighted by molar-refractivity contribution is 8.01. The molecule has 19 nitrogen and oxygen atoms in total. The molecule has 1 aromatic carbocycles. The zero-order chi connectivity index (χ0) is 35.1. The lowest BCUT2D eigenvalue weighted by atomic mass is 10.1. The summed E-state index contributed by atoms with van der Waals surface area (Å²) >= 11 is 8.05. The molecule has 2 unspecified atom stereocenters. The summed E-state index contributed by atoms with van der Waals surface area (Å²) in [4.78, 5) is 73.2. The van der Waals surface area contributed by atoms with E-state index in [-0.39, 0.29) is 40.2 Å². The second kappa shape index (κ2) is 13.2. The molecule has 2 aliphatic heterocycles. The number of oxime groups is 1. The van der Waals surface area contributed by atoms with Crippen molar-refractivity contribution in [1.82, 2.24) is 35.5 Å². The second-order valence-electron chi connectivity index (χ2n) is 10.9. The summed E-state index contributed by atoms with van der Waals surface area (Å²) < 4.78 is 1.09. The fourth-order valence-corrected chi connectivity index (χ4v) is 7.04. The highest BCUT2D eigenvalue weighted by atomic mass is 35.5. The molecule has 254 valence electrons. The molecule has 2 saturated heterocycles. The van der Waals surface area contributed by atoms with Gasteiger partial charge in [0.15, 0.2) is 28.4 Å². The number of phenols is 2. The van der Waals surface area contributed by atoms with Crippen molar-refractivity contribution in [1.29, 1.82) is 0 Å². The van der Waals surface area contributed by atoms with Gasteiger partial charge in [-0.25, -0.2) is 19.3 Å². The van der Waals surface area contributed by atoms with Crippen LogP contribution in [-0.4, -0.2) is 109 Å². The molecule has 0 bridgehead atoms. The highest BCUT2D eigenvalue weighted by Gasteiger charge is 2.57. The fourth-order valence-electron chi connectivity index (χ4n) is 4.57. The minimum atomic E-state index is -1.80. The van der Waals surface area contributed by atoms with Crippen LogP contribution in [0.3, 0.4) is 0 Å². The number of β-lactam (4-membered cyclic amide) rings is 1. The van der Waals surface area contributed by atoms with Gasteiger partial charge in [0, 0.05) is 11.9 Å². The predicted octanol–water partition coefficient (Wildman–Crippen LogP) is -0.0103. The van der Waals surface area contributed by atoms with E-state index < -0.39 is 75.2 Å². The van der Waals surface area contributed by atoms with Crippen LogP contribution in [-0.2, 0) is 30.6 Å². The van der Waals surface area contributed by atoms with E-state index in [1.165, 1.54) is 36.4 Å². The number of aliphatic carboxylic acids is 2. The van der Waals surface area contributed by atoms with Crippen LogP contribution in [0.1, 0.15) is 41.6 Å². The number of rotatable bonds is 12. The number of nitrogens with one attached hydrogen (secondary N) is 2. The maximum Gasteiger partial charge on any atom is 0.350 e. The van der Waals surface area contributed by atoms with Gasteiger partial charge in [0.2, 0.25) is 11.5 Å². The van der Waals surface area contributed by atoms with Gasteiger partial charge in [0.05, 0.1) is 28.6 Å². The number of aromatic hydroxyl groups is 2. The summed E-state index contributed by atoms with van der Waals surface area (Å²) in [7, 11) is 0. The van der Waals surface area contributed by atoms with E-state index in [0.717, 1.165) is 33.8 Å². The molecule has 4 atom stereocenters. The molecule has 8 N–H and O–H groups in total. The largest absolute Gasteiger partial charge is 0.504 e. The van der Waals surface area contributed by atoms with Crippen LogP contribution < -0.4 is 16.4 Å². The van der Waals surface area contributed by atoms with E-state index in [1.54, 1.807) is 0 Å². The van der Waals surface area contributed by atoms with E-state index in [2.05, 4.69) is 31.1 Å². The Bertz CT molecular complexity index is 1850. The smallest absolute Gasteiger partial charge is 0.350 e. The number of halogens is 1. The molecule has 4 heterocycles. The normalized spacial score (nSPS) is 19.6.